The molecule has 0 aromatic heterocycles. The number of hydrogen-bond donors (Lipinski definition) is 1. The van der Waals surface area contributed by atoms with Crippen LogP contribution >= 0.6 is 12.6 Å². The molecule has 0 saturated heterocycles. The van der Waals surface area contributed by atoms with Gasteiger partial charge in [-0.2, -0.15) is 39.0 Å². The van der Waals surface area contributed by atoms with Gasteiger partial charge in [0.1, 0.15) is 5.57 Å². The Hall–Kier alpha value is -0.330. The van der Waals surface area contributed by atoms with Gasteiger partial charge in [-0.1, -0.05) is 6.08 Å². The molecule has 0 aliphatic rings. The molecule has 12 heavy (non-hydrogen) atoms. The van der Waals surface area contributed by atoms with Crippen molar-refractivity contribution in [1.29, 1.82) is 0 Å². The Morgan fingerprint density at radius 1 is 1.00 bits per heavy atom. The Morgan fingerprint density at radius 2 is 1.33 bits per heavy atom. The van der Waals surface area contributed by atoms with Crippen molar-refractivity contribution in [3.8, 4) is 0 Å². The highest BCUT2D eigenvalue weighted by molar-refractivity contribution is 7.80. The molecule has 0 nitrogen and oxygen atoms in total. The third kappa shape index (κ3) is 3.38. The summed E-state index contributed by atoms with van der Waals surface area (Å²) in [5.74, 6) is -0.603. The molecule has 0 atom stereocenters. The van der Waals surface area contributed by atoms with Crippen LogP contribution in [0.2, 0.25) is 0 Å². The largest absolute Gasteiger partial charge is 0.421 e. The highest BCUT2D eigenvalue weighted by atomic mass is 32.1. The Balaban J connectivity index is 4.83. The molecular weight excluding hydrogens is 206 g/mol. The standard InChI is InChI=1S/C5H4F6S/c6-4(7,8)3(1-2-12)5(9,10)11/h1,12H,2H2. The number of allylic oxidation sites excluding steroid dienone is 1. The van der Waals surface area contributed by atoms with Crippen molar-refractivity contribution >= 4 is 12.6 Å². The SMILES string of the molecule is FC(F)(F)C(=CCS)C(F)(F)F. The molecule has 0 aliphatic heterocycles. The van der Waals surface area contributed by atoms with Crippen LogP contribution in [-0.2, 0) is 0 Å². The van der Waals surface area contributed by atoms with E-state index in [1.807, 2.05) is 0 Å². The summed E-state index contributed by atoms with van der Waals surface area (Å²) in [6, 6.07) is 0. The topological polar surface area (TPSA) is 0 Å². The minimum Gasteiger partial charge on any atom is -0.175 e. The van der Waals surface area contributed by atoms with Crippen molar-refractivity contribution in [1.82, 2.24) is 0 Å². The highest BCUT2D eigenvalue weighted by Crippen LogP contribution is 2.38. The van der Waals surface area contributed by atoms with E-state index in [1.54, 1.807) is 0 Å². The summed E-state index contributed by atoms with van der Waals surface area (Å²) in [5, 5.41) is 0. The van der Waals surface area contributed by atoms with Crippen molar-refractivity contribution in [3.05, 3.63) is 11.6 Å². The van der Waals surface area contributed by atoms with Crippen LogP contribution in [0.15, 0.2) is 11.6 Å². The first-order valence-corrected chi connectivity index (χ1v) is 3.28. The maximum atomic E-state index is 11.6. The van der Waals surface area contributed by atoms with E-state index in [1.165, 1.54) is 0 Å². The summed E-state index contributed by atoms with van der Waals surface area (Å²) in [7, 11) is 0. The van der Waals surface area contributed by atoms with Crippen molar-refractivity contribution in [2.24, 2.45) is 0 Å². The maximum absolute atomic E-state index is 11.6. The van der Waals surface area contributed by atoms with Gasteiger partial charge in [-0.05, 0) is 0 Å². The van der Waals surface area contributed by atoms with Crippen LogP contribution < -0.4 is 0 Å². The van der Waals surface area contributed by atoms with E-state index in [9.17, 15) is 26.3 Å². The Bertz CT molecular complexity index is 159. The Kier molecular flexibility index (Phi) is 3.49. The van der Waals surface area contributed by atoms with E-state index in [0.29, 0.717) is 0 Å². The van der Waals surface area contributed by atoms with Crippen molar-refractivity contribution < 1.29 is 26.3 Å². The third-order valence-electron chi connectivity index (χ3n) is 0.906. The van der Waals surface area contributed by atoms with Gasteiger partial charge in [0.05, 0.1) is 0 Å². The van der Waals surface area contributed by atoms with Crippen LogP contribution in [0, 0.1) is 0 Å². The van der Waals surface area contributed by atoms with E-state index in [0.717, 1.165) is 0 Å². The lowest BCUT2D eigenvalue weighted by Gasteiger charge is -2.14. The van der Waals surface area contributed by atoms with Gasteiger partial charge in [-0.25, -0.2) is 0 Å². The van der Waals surface area contributed by atoms with Crippen LogP contribution in [0.1, 0.15) is 0 Å². The molecule has 0 radical (unpaired) electrons. The molecule has 0 spiro atoms. The summed E-state index contributed by atoms with van der Waals surface area (Å²) in [4.78, 5) is 0. The zero-order valence-corrected chi connectivity index (χ0v) is 6.39. The van der Waals surface area contributed by atoms with E-state index >= 15 is 0 Å². The highest BCUT2D eigenvalue weighted by Gasteiger charge is 2.50. The third-order valence-corrected chi connectivity index (χ3v) is 1.09. The summed E-state index contributed by atoms with van der Waals surface area (Å²) in [6.07, 6.45) is -10.7. The summed E-state index contributed by atoms with van der Waals surface area (Å²) < 4.78 is 69.5. The number of thiol groups is 1. The molecule has 0 heterocycles. The van der Waals surface area contributed by atoms with Crippen LogP contribution in [-0.4, -0.2) is 18.1 Å². The molecule has 72 valence electrons. The summed E-state index contributed by atoms with van der Waals surface area (Å²) >= 11 is 3.25. The fourth-order valence-electron chi connectivity index (χ4n) is 0.483. The Morgan fingerprint density at radius 3 is 1.42 bits per heavy atom. The smallest absolute Gasteiger partial charge is 0.175 e. The summed E-state index contributed by atoms with van der Waals surface area (Å²) in [5.41, 5.74) is -2.51. The van der Waals surface area contributed by atoms with Crippen molar-refractivity contribution in [2.45, 2.75) is 12.4 Å². The minimum atomic E-state index is -5.36. The lowest BCUT2D eigenvalue weighted by molar-refractivity contribution is -0.172. The van der Waals surface area contributed by atoms with Crippen LogP contribution in [0.25, 0.3) is 0 Å². The van der Waals surface area contributed by atoms with Gasteiger partial charge >= 0.3 is 12.4 Å². The van der Waals surface area contributed by atoms with Gasteiger partial charge in [-0.15, -0.1) is 0 Å². The Labute approximate surface area is 69.7 Å². The van der Waals surface area contributed by atoms with Crippen molar-refractivity contribution in [2.75, 3.05) is 5.75 Å². The second kappa shape index (κ2) is 3.59. The molecule has 0 amide bonds. The van der Waals surface area contributed by atoms with Gasteiger partial charge in [0.2, 0.25) is 0 Å². The fraction of sp³-hybridized carbons (Fsp3) is 0.600. The van der Waals surface area contributed by atoms with Gasteiger partial charge < -0.3 is 0 Å². The lowest BCUT2D eigenvalue weighted by atomic mass is 10.2. The molecular formula is C5H4F6S. The molecule has 0 aromatic carbocycles. The van der Waals surface area contributed by atoms with E-state index in [2.05, 4.69) is 12.6 Å². The first kappa shape index (κ1) is 11.7. The predicted octanol–water partition coefficient (Wildman–Crippen LogP) is 2.97. The molecule has 7 heteroatoms. The molecule has 0 N–H and O–H groups in total. The molecule has 0 saturated carbocycles. The van der Waals surface area contributed by atoms with Crippen LogP contribution in [0.5, 0.6) is 0 Å². The van der Waals surface area contributed by atoms with E-state index in [4.69, 9.17) is 0 Å². The monoisotopic (exact) mass is 210 g/mol. The zero-order chi connectivity index (χ0) is 9.99. The number of rotatable bonds is 1. The van der Waals surface area contributed by atoms with Crippen LogP contribution in [0.4, 0.5) is 26.3 Å². The average molecular weight is 210 g/mol. The fourth-order valence-corrected chi connectivity index (χ4v) is 0.666. The molecule has 0 fully saturated rings. The van der Waals surface area contributed by atoms with Gasteiger partial charge in [-0.3, -0.25) is 0 Å². The molecule has 0 aromatic rings. The average Bonchev–Trinajstić information content (AvgIpc) is 1.77. The zero-order valence-electron chi connectivity index (χ0n) is 5.50. The minimum absolute atomic E-state index is 0.0108. The molecule has 0 rings (SSSR count). The van der Waals surface area contributed by atoms with Gasteiger partial charge in [0.25, 0.3) is 0 Å². The van der Waals surface area contributed by atoms with Gasteiger partial charge in [0, 0.05) is 5.75 Å². The first-order valence-electron chi connectivity index (χ1n) is 2.65. The van der Waals surface area contributed by atoms with E-state index in [-0.39, 0.29) is 6.08 Å². The number of hydrogen-bond acceptors (Lipinski definition) is 1. The summed E-state index contributed by atoms with van der Waals surface area (Å²) in [6.45, 7) is 0. The maximum Gasteiger partial charge on any atom is 0.421 e. The molecule has 0 bridgehead atoms. The van der Waals surface area contributed by atoms with Crippen LogP contribution in [0.3, 0.4) is 0 Å². The van der Waals surface area contributed by atoms with Gasteiger partial charge in [0.15, 0.2) is 0 Å². The normalized spacial score (nSPS) is 12.9. The first-order chi connectivity index (χ1) is 5.19. The van der Waals surface area contributed by atoms with E-state index < -0.39 is 23.7 Å². The predicted molar refractivity (Wildman–Crippen MR) is 34.0 cm³/mol. The lowest BCUT2D eigenvalue weighted by Crippen LogP contribution is -2.26. The second-order valence-electron chi connectivity index (χ2n) is 1.80. The number of alkyl halides is 6. The quantitative estimate of drug-likeness (QED) is 0.384. The number of halogens is 6. The molecule has 0 aliphatic carbocycles. The van der Waals surface area contributed by atoms with Crippen molar-refractivity contribution in [3.63, 3.8) is 0 Å². The second-order valence-corrected chi connectivity index (χ2v) is 2.16. The molecule has 0 unspecified atom stereocenters.